The van der Waals surface area contributed by atoms with E-state index in [2.05, 4.69) is 25.3 Å². The highest BCUT2D eigenvalue weighted by molar-refractivity contribution is 5.88. The van der Waals surface area contributed by atoms with E-state index in [-0.39, 0.29) is 5.82 Å². The van der Waals surface area contributed by atoms with Gasteiger partial charge in [-0.05, 0) is 24.6 Å². The first-order valence-electron chi connectivity index (χ1n) is 9.38. The second-order valence-corrected chi connectivity index (χ2v) is 6.40. The number of nitrogens with zero attached hydrogens (tertiary/aromatic N) is 4. The van der Waals surface area contributed by atoms with Gasteiger partial charge in [0, 0.05) is 17.7 Å². The molecule has 4 rings (SSSR count). The lowest BCUT2D eigenvalue weighted by atomic mass is 10.1. The summed E-state index contributed by atoms with van der Waals surface area (Å²) < 4.78 is 18.7. The van der Waals surface area contributed by atoms with Crippen LogP contribution in [0, 0.1) is 5.82 Å². The van der Waals surface area contributed by atoms with Gasteiger partial charge in [-0.15, -0.1) is 0 Å². The second kappa shape index (κ2) is 8.60. The highest BCUT2D eigenvalue weighted by atomic mass is 19.1. The molecule has 0 saturated heterocycles. The van der Waals surface area contributed by atoms with E-state index in [1.807, 2.05) is 13.0 Å². The quantitative estimate of drug-likeness (QED) is 0.466. The molecule has 0 fully saturated rings. The summed E-state index contributed by atoms with van der Waals surface area (Å²) in [7, 11) is 0. The Morgan fingerprint density at radius 3 is 2.63 bits per heavy atom. The smallest absolute Gasteiger partial charge is 0.247 e. The van der Waals surface area contributed by atoms with E-state index < -0.39 is 0 Å². The van der Waals surface area contributed by atoms with Gasteiger partial charge < -0.3 is 10.1 Å². The van der Waals surface area contributed by atoms with Crippen molar-refractivity contribution in [2.75, 3.05) is 11.9 Å². The number of aromatic nitrogens is 4. The molecule has 0 atom stereocenters. The molecule has 2 heterocycles. The monoisotopic (exact) mass is 403 g/mol. The molecule has 0 spiro atoms. The zero-order valence-electron chi connectivity index (χ0n) is 16.2. The molecule has 2 aromatic carbocycles. The van der Waals surface area contributed by atoms with Crippen molar-refractivity contribution in [2.45, 2.75) is 13.5 Å². The molecule has 0 bridgehead atoms. The Morgan fingerprint density at radius 1 is 1.07 bits per heavy atom. The summed E-state index contributed by atoms with van der Waals surface area (Å²) >= 11 is 0. The van der Waals surface area contributed by atoms with Crippen molar-refractivity contribution in [3.63, 3.8) is 0 Å². The number of hydrogen-bond donors (Lipinski definition) is 1. The summed E-state index contributed by atoms with van der Waals surface area (Å²) in [6.07, 6.45) is 2.35. The molecule has 8 heteroatoms. The maximum absolute atomic E-state index is 13.1. The van der Waals surface area contributed by atoms with Gasteiger partial charge in [0.25, 0.3) is 0 Å². The summed E-state index contributed by atoms with van der Waals surface area (Å²) in [5, 5.41) is 3.10. The van der Waals surface area contributed by atoms with Crippen molar-refractivity contribution in [2.24, 2.45) is 0 Å². The average molecular weight is 403 g/mol. The minimum atomic E-state index is -0.290. The first kappa shape index (κ1) is 19.4. The number of fused-ring (bicyclic) bond motifs is 1. The van der Waals surface area contributed by atoms with Gasteiger partial charge in [0.05, 0.1) is 18.5 Å². The van der Waals surface area contributed by atoms with Crippen LogP contribution in [0.3, 0.4) is 0 Å². The third kappa shape index (κ3) is 4.07. The third-order valence-electron chi connectivity index (χ3n) is 4.38. The normalized spacial score (nSPS) is 10.7. The molecule has 1 N–H and O–H groups in total. The first-order valence-corrected chi connectivity index (χ1v) is 9.38. The standard InChI is InChI=1S/C22H18FN5O2/c1-2-30-21-19-20(24-12-18(26-19)17-6-4-3-5-15(17)13-29)27-22(28-21)25-11-14-7-9-16(23)10-8-14/h3-10,12-13H,2,11H2,1H3,(H,24,25,27,28). The van der Waals surface area contributed by atoms with Gasteiger partial charge in [-0.3, -0.25) is 4.79 Å². The number of ether oxygens (including phenoxy) is 1. The molecule has 0 unspecified atom stereocenters. The third-order valence-corrected chi connectivity index (χ3v) is 4.38. The number of rotatable bonds is 7. The fourth-order valence-corrected chi connectivity index (χ4v) is 2.95. The number of hydrogen-bond acceptors (Lipinski definition) is 7. The van der Waals surface area contributed by atoms with Gasteiger partial charge in [-0.1, -0.05) is 36.4 Å². The van der Waals surface area contributed by atoms with E-state index in [0.29, 0.717) is 53.0 Å². The molecule has 4 aromatic rings. The van der Waals surface area contributed by atoms with Crippen LogP contribution in [0.15, 0.2) is 54.7 Å². The molecule has 30 heavy (non-hydrogen) atoms. The zero-order chi connectivity index (χ0) is 20.9. The van der Waals surface area contributed by atoms with Crippen LogP contribution >= 0.6 is 0 Å². The van der Waals surface area contributed by atoms with E-state index in [0.717, 1.165) is 11.8 Å². The molecule has 0 radical (unpaired) electrons. The van der Waals surface area contributed by atoms with Crippen molar-refractivity contribution in [1.82, 2.24) is 19.9 Å². The van der Waals surface area contributed by atoms with Crippen LogP contribution < -0.4 is 10.1 Å². The maximum atomic E-state index is 13.1. The van der Waals surface area contributed by atoms with Crippen LogP contribution in [0.1, 0.15) is 22.8 Å². The molecule has 150 valence electrons. The van der Waals surface area contributed by atoms with Crippen LogP contribution in [-0.4, -0.2) is 32.8 Å². The molecule has 0 aliphatic heterocycles. The molecule has 0 aliphatic carbocycles. The Kier molecular flexibility index (Phi) is 5.56. The zero-order valence-corrected chi connectivity index (χ0v) is 16.2. The molecular weight excluding hydrogens is 385 g/mol. The minimum absolute atomic E-state index is 0.290. The molecule has 0 aliphatic rings. The lowest BCUT2D eigenvalue weighted by Gasteiger charge is -2.11. The average Bonchev–Trinajstić information content (AvgIpc) is 2.78. The summed E-state index contributed by atoms with van der Waals surface area (Å²) in [5.41, 5.74) is 3.36. The van der Waals surface area contributed by atoms with E-state index in [9.17, 15) is 9.18 Å². The highest BCUT2D eigenvalue weighted by Crippen LogP contribution is 2.26. The van der Waals surface area contributed by atoms with E-state index in [1.165, 1.54) is 12.1 Å². The van der Waals surface area contributed by atoms with Crippen LogP contribution in [0.4, 0.5) is 10.3 Å². The Balaban J connectivity index is 1.70. The van der Waals surface area contributed by atoms with Crippen molar-refractivity contribution in [3.05, 3.63) is 71.7 Å². The highest BCUT2D eigenvalue weighted by Gasteiger charge is 2.14. The lowest BCUT2D eigenvalue weighted by molar-refractivity contribution is 0.112. The number of anilines is 1. The first-order chi connectivity index (χ1) is 14.7. The van der Waals surface area contributed by atoms with Gasteiger partial charge in [0.2, 0.25) is 11.8 Å². The Morgan fingerprint density at radius 2 is 1.87 bits per heavy atom. The summed E-state index contributed by atoms with van der Waals surface area (Å²) in [6.45, 7) is 2.65. The van der Waals surface area contributed by atoms with E-state index in [1.54, 1.807) is 36.5 Å². The topological polar surface area (TPSA) is 89.9 Å². The minimum Gasteiger partial charge on any atom is -0.476 e. The van der Waals surface area contributed by atoms with Gasteiger partial charge in [-0.25, -0.2) is 14.4 Å². The van der Waals surface area contributed by atoms with Gasteiger partial charge in [0.15, 0.2) is 17.5 Å². The van der Waals surface area contributed by atoms with Crippen molar-refractivity contribution in [3.8, 4) is 17.1 Å². The molecule has 0 amide bonds. The Labute approximate surface area is 172 Å². The maximum Gasteiger partial charge on any atom is 0.247 e. The fourth-order valence-electron chi connectivity index (χ4n) is 2.95. The molecule has 2 aromatic heterocycles. The van der Waals surface area contributed by atoms with Crippen LogP contribution in [0.5, 0.6) is 5.88 Å². The van der Waals surface area contributed by atoms with Crippen molar-refractivity contribution >= 4 is 23.4 Å². The summed E-state index contributed by atoms with van der Waals surface area (Å²) in [6, 6.07) is 13.3. The number of carbonyl (C=O) groups is 1. The lowest BCUT2D eigenvalue weighted by Crippen LogP contribution is -2.07. The van der Waals surface area contributed by atoms with Gasteiger partial charge in [0.1, 0.15) is 5.82 Å². The fraction of sp³-hybridized carbons (Fsp3) is 0.136. The number of nitrogens with one attached hydrogen (secondary N) is 1. The second-order valence-electron chi connectivity index (χ2n) is 6.40. The van der Waals surface area contributed by atoms with Gasteiger partial charge >= 0.3 is 0 Å². The Bertz CT molecular complexity index is 1200. The largest absolute Gasteiger partial charge is 0.476 e. The van der Waals surface area contributed by atoms with E-state index >= 15 is 0 Å². The Hall–Kier alpha value is -3.94. The number of benzene rings is 2. The predicted octanol–water partition coefficient (Wildman–Crippen LogP) is 4.05. The van der Waals surface area contributed by atoms with E-state index in [4.69, 9.17) is 4.74 Å². The van der Waals surface area contributed by atoms with Gasteiger partial charge in [-0.2, -0.15) is 9.97 Å². The van der Waals surface area contributed by atoms with Crippen molar-refractivity contribution in [1.29, 1.82) is 0 Å². The molecule has 7 nitrogen and oxygen atoms in total. The van der Waals surface area contributed by atoms with Crippen LogP contribution in [0.25, 0.3) is 22.4 Å². The summed E-state index contributed by atoms with van der Waals surface area (Å²) in [5.74, 6) is 0.328. The SMILES string of the molecule is CCOc1nc(NCc2ccc(F)cc2)nc2ncc(-c3ccccc3C=O)nc12. The van der Waals surface area contributed by atoms with Crippen LogP contribution in [-0.2, 0) is 6.54 Å². The predicted molar refractivity (Wildman–Crippen MR) is 111 cm³/mol. The molecular formula is C22H18FN5O2. The molecule has 0 saturated carbocycles. The number of aldehydes is 1. The number of carbonyl (C=O) groups excluding carboxylic acids is 1. The number of halogens is 1. The van der Waals surface area contributed by atoms with Crippen molar-refractivity contribution < 1.29 is 13.9 Å². The van der Waals surface area contributed by atoms with Crippen LogP contribution in [0.2, 0.25) is 0 Å². The summed E-state index contributed by atoms with van der Waals surface area (Å²) in [4.78, 5) is 29.2.